The monoisotopic (exact) mass is 352 g/mol. The van der Waals surface area contributed by atoms with Crippen LogP contribution in [0.1, 0.15) is 53.1 Å². The third-order valence-electron chi connectivity index (χ3n) is 5.27. The normalized spacial score (nSPS) is 18.8. The topological polar surface area (TPSA) is 71.5 Å². The van der Waals surface area contributed by atoms with Crippen molar-refractivity contribution in [2.24, 2.45) is 5.92 Å². The van der Waals surface area contributed by atoms with E-state index in [1.54, 1.807) is 6.07 Å². The number of carboxylic acid groups (broad SMARTS) is 1. The predicted molar refractivity (Wildman–Crippen MR) is 100 cm³/mol. The molecule has 1 heterocycles. The molecule has 0 radical (unpaired) electrons. The summed E-state index contributed by atoms with van der Waals surface area (Å²) in [5.41, 5.74) is 3.00. The van der Waals surface area contributed by atoms with Gasteiger partial charge in [0.15, 0.2) is 0 Å². The standard InChI is InChI=1S/C21H24N2O3/c24-21(25)16-8-9-22-20(11-16)23-12-17-3-1-2-15-10-18(6-7-19(15)17)26-13-14-4-5-14/h6-11,14,17H,1-5,12-13H2,(H,22,23)(H,24,25). The SMILES string of the molecule is O=C(O)c1ccnc(NCC2CCCc3cc(OCC4CC4)ccc32)c1. The van der Waals surface area contributed by atoms with E-state index in [0.717, 1.165) is 44.1 Å². The van der Waals surface area contributed by atoms with Gasteiger partial charge in [-0.3, -0.25) is 0 Å². The highest BCUT2D eigenvalue weighted by Gasteiger charge is 2.23. The summed E-state index contributed by atoms with van der Waals surface area (Å²) in [7, 11) is 0. The number of nitrogens with one attached hydrogen (secondary N) is 1. The molecule has 4 rings (SSSR count). The Labute approximate surface area is 153 Å². The first-order valence-electron chi connectivity index (χ1n) is 9.38. The van der Waals surface area contributed by atoms with Gasteiger partial charge in [-0.25, -0.2) is 9.78 Å². The van der Waals surface area contributed by atoms with Gasteiger partial charge in [0.1, 0.15) is 11.6 Å². The fraction of sp³-hybridized carbons (Fsp3) is 0.429. The molecule has 0 aliphatic heterocycles. The van der Waals surface area contributed by atoms with Crippen molar-refractivity contribution in [1.29, 1.82) is 0 Å². The molecular weight excluding hydrogens is 328 g/mol. The highest BCUT2D eigenvalue weighted by molar-refractivity contribution is 5.88. The molecule has 2 aliphatic rings. The van der Waals surface area contributed by atoms with Crippen LogP contribution < -0.4 is 10.1 Å². The first-order valence-corrected chi connectivity index (χ1v) is 9.38. The number of aromatic nitrogens is 1. The van der Waals surface area contributed by atoms with E-state index in [-0.39, 0.29) is 5.56 Å². The second kappa shape index (κ2) is 7.36. The number of fused-ring (bicyclic) bond motifs is 1. The minimum atomic E-state index is -0.933. The van der Waals surface area contributed by atoms with Gasteiger partial charge in [-0.1, -0.05) is 6.07 Å². The van der Waals surface area contributed by atoms with Gasteiger partial charge in [0.2, 0.25) is 0 Å². The number of carbonyl (C=O) groups is 1. The van der Waals surface area contributed by atoms with Crippen LogP contribution in [0.4, 0.5) is 5.82 Å². The Morgan fingerprint density at radius 1 is 1.23 bits per heavy atom. The number of pyridine rings is 1. The van der Waals surface area contributed by atoms with Crippen molar-refractivity contribution in [3.63, 3.8) is 0 Å². The molecule has 2 aliphatic carbocycles. The molecule has 1 unspecified atom stereocenters. The van der Waals surface area contributed by atoms with E-state index in [9.17, 15) is 4.79 Å². The number of hydrogen-bond donors (Lipinski definition) is 2. The van der Waals surface area contributed by atoms with Gasteiger partial charge in [-0.05, 0) is 73.4 Å². The Morgan fingerprint density at radius 3 is 2.92 bits per heavy atom. The number of hydrogen-bond acceptors (Lipinski definition) is 4. The van der Waals surface area contributed by atoms with E-state index < -0.39 is 5.97 Å². The lowest BCUT2D eigenvalue weighted by Crippen LogP contribution is -2.19. The van der Waals surface area contributed by atoms with Crippen molar-refractivity contribution >= 4 is 11.8 Å². The maximum atomic E-state index is 11.1. The first-order chi connectivity index (χ1) is 12.7. The summed E-state index contributed by atoms with van der Waals surface area (Å²) in [5, 5.41) is 12.4. The van der Waals surface area contributed by atoms with Gasteiger partial charge in [0.25, 0.3) is 0 Å². The summed E-state index contributed by atoms with van der Waals surface area (Å²) in [6.45, 7) is 1.60. The number of nitrogens with zero attached hydrogens (tertiary/aromatic N) is 1. The molecule has 0 bridgehead atoms. The van der Waals surface area contributed by atoms with Crippen molar-refractivity contribution in [1.82, 2.24) is 4.98 Å². The molecule has 0 spiro atoms. The van der Waals surface area contributed by atoms with E-state index >= 15 is 0 Å². The van der Waals surface area contributed by atoms with E-state index in [4.69, 9.17) is 9.84 Å². The summed E-state index contributed by atoms with van der Waals surface area (Å²) in [5.74, 6) is 1.84. The smallest absolute Gasteiger partial charge is 0.335 e. The van der Waals surface area contributed by atoms with Crippen LogP contribution in [0.5, 0.6) is 5.75 Å². The molecule has 1 aromatic heterocycles. The lowest BCUT2D eigenvalue weighted by molar-refractivity contribution is 0.0697. The number of benzene rings is 1. The molecule has 1 fully saturated rings. The largest absolute Gasteiger partial charge is 0.493 e. The number of aromatic carboxylic acids is 1. The third kappa shape index (κ3) is 3.98. The second-order valence-electron chi connectivity index (χ2n) is 7.32. The lowest BCUT2D eigenvalue weighted by Gasteiger charge is -2.26. The zero-order valence-corrected chi connectivity index (χ0v) is 14.8. The molecule has 0 amide bonds. The Hall–Kier alpha value is -2.56. The molecular formula is C21H24N2O3. The second-order valence-corrected chi connectivity index (χ2v) is 7.32. The van der Waals surface area contributed by atoms with Crippen LogP contribution in [0.3, 0.4) is 0 Å². The molecule has 1 saturated carbocycles. The van der Waals surface area contributed by atoms with Gasteiger partial charge in [0, 0.05) is 18.7 Å². The Kier molecular flexibility index (Phi) is 4.78. The maximum absolute atomic E-state index is 11.1. The molecule has 2 N–H and O–H groups in total. The molecule has 1 aromatic carbocycles. The van der Waals surface area contributed by atoms with Crippen molar-refractivity contribution in [3.8, 4) is 5.75 Å². The van der Waals surface area contributed by atoms with Crippen LogP contribution in [-0.2, 0) is 6.42 Å². The van der Waals surface area contributed by atoms with Gasteiger partial charge in [-0.15, -0.1) is 0 Å². The summed E-state index contributed by atoms with van der Waals surface area (Å²) < 4.78 is 5.91. The van der Waals surface area contributed by atoms with Crippen molar-refractivity contribution in [2.45, 2.75) is 38.0 Å². The molecule has 1 atom stereocenters. The average molecular weight is 352 g/mol. The number of ether oxygens (including phenoxy) is 1. The van der Waals surface area contributed by atoms with E-state index in [1.165, 1.54) is 36.2 Å². The van der Waals surface area contributed by atoms with Gasteiger partial charge >= 0.3 is 5.97 Å². The third-order valence-corrected chi connectivity index (χ3v) is 5.27. The summed E-state index contributed by atoms with van der Waals surface area (Å²) in [6, 6.07) is 9.58. The average Bonchev–Trinajstić information content (AvgIpc) is 3.49. The molecule has 5 nitrogen and oxygen atoms in total. The summed E-state index contributed by atoms with van der Waals surface area (Å²) in [6.07, 6.45) is 7.52. The lowest BCUT2D eigenvalue weighted by atomic mass is 9.82. The first kappa shape index (κ1) is 16.9. The van der Waals surface area contributed by atoms with E-state index in [2.05, 4.69) is 28.5 Å². The molecule has 5 heteroatoms. The number of aryl methyl sites for hydroxylation is 1. The summed E-state index contributed by atoms with van der Waals surface area (Å²) >= 11 is 0. The van der Waals surface area contributed by atoms with Crippen LogP contribution in [0.15, 0.2) is 36.5 Å². The minimum absolute atomic E-state index is 0.254. The van der Waals surface area contributed by atoms with Crippen LogP contribution in [-0.4, -0.2) is 29.2 Å². The van der Waals surface area contributed by atoms with Gasteiger partial charge in [-0.2, -0.15) is 0 Å². The Morgan fingerprint density at radius 2 is 2.12 bits per heavy atom. The van der Waals surface area contributed by atoms with Gasteiger partial charge < -0.3 is 15.2 Å². The minimum Gasteiger partial charge on any atom is -0.493 e. The molecule has 26 heavy (non-hydrogen) atoms. The summed E-state index contributed by atoms with van der Waals surface area (Å²) in [4.78, 5) is 15.3. The van der Waals surface area contributed by atoms with E-state index in [1.807, 2.05) is 0 Å². The van der Waals surface area contributed by atoms with Crippen molar-refractivity contribution in [3.05, 3.63) is 53.2 Å². The number of carboxylic acids is 1. The number of rotatable bonds is 7. The zero-order chi connectivity index (χ0) is 17.9. The van der Waals surface area contributed by atoms with E-state index in [0.29, 0.717) is 11.7 Å². The van der Waals surface area contributed by atoms with Gasteiger partial charge in [0.05, 0.1) is 12.2 Å². The highest BCUT2D eigenvalue weighted by atomic mass is 16.5. The number of anilines is 1. The van der Waals surface area contributed by atoms with Crippen molar-refractivity contribution in [2.75, 3.05) is 18.5 Å². The quantitative estimate of drug-likeness (QED) is 0.785. The molecule has 136 valence electrons. The Bertz CT molecular complexity index is 802. The molecule has 2 aromatic rings. The maximum Gasteiger partial charge on any atom is 0.335 e. The molecule has 0 saturated heterocycles. The van der Waals surface area contributed by atoms with Crippen LogP contribution in [0.25, 0.3) is 0 Å². The van der Waals surface area contributed by atoms with Crippen molar-refractivity contribution < 1.29 is 14.6 Å². The fourth-order valence-electron chi connectivity index (χ4n) is 3.58. The predicted octanol–water partition coefficient (Wildman–Crippen LogP) is 4.10. The van der Waals surface area contributed by atoms with Crippen LogP contribution in [0.2, 0.25) is 0 Å². The van der Waals surface area contributed by atoms with Crippen LogP contribution >= 0.6 is 0 Å². The fourth-order valence-corrected chi connectivity index (χ4v) is 3.58. The Balaban J connectivity index is 1.42. The zero-order valence-electron chi connectivity index (χ0n) is 14.8. The van der Waals surface area contributed by atoms with Crippen LogP contribution in [0, 0.1) is 5.92 Å². The highest BCUT2D eigenvalue weighted by Crippen LogP contribution is 2.35.